The maximum Gasteiger partial charge on any atom is 0.143 e. The summed E-state index contributed by atoms with van der Waals surface area (Å²) >= 11 is 0. The van der Waals surface area contributed by atoms with Crippen LogP contribution in [0.15, 0.2) is 0 Å². The zero-order valence-corrected chi connectivity index (χ0v) is 7.72. The fourth-order valence-electron chi connectivity index (χ4n) is 0.800. The minimum Gasteiger partial charge on any atom is -0.313 e. The molecule has 0 aromatic heterocycles. The van der Waals surface area contributed by atoms with E-state index in [2.05, 4.69) is 5.32 Å². The lowest BCUT2D eigenvalue weighted by Gasteiger charge is -2.17. The summed E-state index contributed by atoms with van der Waals surface area (Å²) in [4.78, 5) is 11.2. The summed E-state index contributed by atoms with van der Waals surface area (Å²) in [6.07, 6.45) is 0. The molecule has 0 aromatic carbocycles. The maximum atomic E-state index is 11.2. The molecule has 2 nitrogen and oxygen atoms in total. The lowest BCUT2D eigenvalue weighted by atomic mass is 9.86. The van der Waals surface area contributed by atoms with Crippen LogP contribution in [0, 0.1) is 5.92 Å². The minimum absolute atomic E-state index is 0.0104. The third kappa shape index (κ3) is 4.20. The summed E-state index contributed by atoms with van der Waals surface area (Å²) in [5, 5.41) is 2.95. The largest absolute Gasteiger partial charge is 0.313 e. The highest BCUT2D eigenvalue weighted by molar-refractivity contribution is 6.24. The van der Waals surface area contributed by atoms with Crippen molar-refractivity contribution in [1.82, 2.24) is 5.32 Å². The molecule has 62 valence electrons. The first kappa shape index (κ1) is 10.7. The van der Waals surface area contributed by atoms with Crippen LogP contribution in [-0.4, -0.2) is 25.6 Å². The van der Waals surface area contributed by atoms with Crippen molar-refractivity contribution in [3.63, 3.8) is 0 Å². The van der Waals surface area contributed by atoms with E-state index < -0.39 is 5.94 Å². The molecule has 0 aliphatic heterocycles. The molecule has 0 aliphatic carbocycles. The van der Waals surface area contributed by atoms with Crippen LogP contribution in [0.5, 0.6) is 0 Å². The van der Waals surface area contributed by atoms with Crippen LogP contribution in [0.4, 0.5) is 0 Å². The Kier molecular flexibility index (Phi) is 4.42. The van der Waals surface area contributed by atoms with Crippen LogP contribution >= 0.6 is 0 Å². The Morgan fingerprint density at radius 3 is 2.00 bits per heavy atom. The molecule has 0 bridgehead atoms. The van der Waals surface area contributed by atoms with E-state index in [4.69, 9.17) is 7.85 Å². The second-order valence-electron chi connectivity index (χ2n) is 3.36. The van der Waals surface area contributed by atoms with Gasteiger partial charge in [0.1, 0.15) is 13.6 Å². The Hall–Kier alpha value is -0.305. The molecule has 0 spiro atoms. The van der Waals surface area contributed by atoms with Gasteiger partial charge in [-0.25, -0.2) is 0 Å². The molecule has 0 aromatic rings. The highest BCUT2D eigenvalue weighted by atomic mass is 16.1. The van der Waals surface area contributed by atoms with Gasteiger partial charge in [0.15, 0.2) is 0 Å². The summed E-state index contributed by atoms with van der Waals surface area (Å²) in [6, 6.07) is 0.257. The Morgan fingerprint density at radius 1 is 1.27 bits per heavy atom. The number of ketones is 1. The van der Waals surface area contributed by atoms with Gasteiger partial charge in [-0.2, -0.15) is 0 Å². The number of Topliss-reactive ketones (excluding diaryl/α,β-unsaturated/α-hetero) is 1. The Labute approximate surface area is 70.2 Å². The first-order chi connectivity index (χ1) is 4.95. The van der Waals surface area contributed by atoms with Crippen LogP contribution < -0.4 is 5.32 Å². The number of carbonyl (C=O) groups is 1. The highest BCUT2D eigenvalue weighted by Crippen LogP contribution is 1.97. The molecule has 1 N–H and O–H groups in total. The summed E-state index contributed by atoms with van der Waals surface area (Å²) < 4.78 is 0. The summed E-state index contributed by atoms with van der Waals surface area (Å²) in [7, 11) is 5.56. The fraction of sp³-hybridized carbons (Fsp3) is 0.875. The van der Waals surface area contributed by atoms with Crippen LogP contribution in [0.3, 0.4) is 0 Å². The summed E-state index contributed by atoms with van der Waals surface area (Å²) in [5.41, 5.74) is 0. The zero-order chi connectivity index (χ0) is 9.02. The predicted octanol–water partition coefficient (Wildman–Crippen LogP) is 0.704. The third-order valence-corrected chi connectivity index (χ3v) is 1.39. The van der Waals surface area contributed by atoms with Crippen molar-refractivity contribution in [1.29, 1.82) is 0 Å². The zero-order valence-electron chi connectivity index (χ0n) is 7.72. The number of nitrogens with one attached hydrogen (secondary N) is 1. The van der Waals surface area contributed by atoms with Gasteiger partial charge in [0.05, 0.1) is 0 Å². The maximum absolute atomic E-state index is 11.2. The monoisotopic (exact) mass is 153 g/mol. The van der Waals surface area contributed by atoms with Gasteiger partial charge in [-0.1, -0.05) is 27.7 Å². The molecule has 0 saturated heterocycles. The number of hydrogen-bond donors (Lipinski definition) is 1. The van der Waals surface area contributed by atoms with Crippen molar-refractivity contribution in [2.75, 3.05) is 0 Å². The molecule has 1 unspecified atom stereocenters. The van der Waals surface area contributed by atoms with Crippen molar-refractivity contribution < 1.29 is 4.79 Å². The lowest BCUT2D eigenvalue weighted by molar-refractivity contribution is -0.122. The van der Waals surface area contributed by atoms with Crippen molar-refractivity contribution in [2.24, 2.45) is 5.92 Å². The third-order valence-electron chi connectivity index (χ3n) is 1.39. The van der Waals surface area contributed by atoms with Crippen LogP contribution in [0.2, 0.25) is 0 Å². The Morgan fingerprint density at radius 2 is 1.73 bits per heavy atom. The van der Waals surface area contributed by atoms with Gasteiger partial charge in [0.2, 0.25) is 0 Å². The second kappa shape index (κ2) is 4.55. The van der Waals surface area contributed by atoms with Crippen LogP contribution in [0.25, 0.3) is 0 Å². The van der Waals surface area contributed by atoms with E-state index in [1.807, 2.05) is 27.7 Å². The quantitative estimate of drug-likeness (QED) is 0.602. The standard InChI is InChI=1S/C8H16BNO/c1-5(2)7(11)8(9)10-6(3)4/h5-6,8,10H,1-4H3. The molecule has 3 heteroatoms. The molecule has 0 heterocycles. The van der Waals surface area contributed by atoms with E-state index >= 15 is 0 Å². The molecular formula is C8H16BNO. The predicted molar refractivity (Wildman–Crippen MR) is 47.7 cm³/mol. The molecule has 0 saturated carbocycles. The molecule has 1 atom stereocenters. The van der Waals surface area contributed by atoms with Gasteiger partial charge in [-0.3, -0.25) is 4.79 Å². The molecule has 0 amide bonds. The van der Waals surface area contributed by atoms with Gasteiger partial charge < -0.3 is 5.32 Å². The van der Waals surface area contributed by atoms with Gasteiger partial charge in [0.25, 0.3) is 0 Å². The van der Waals surface area contributed by atoms with Gasteiger partial charge in [-0.05, 0) is 0 Å². The SMILES string of the molecule is [B]C(NC(C)C)C(=O)C(C)C. The molecular weight excluding hydrogens is 137 g/mol. The van der Waals surface area contributed by atoms with E-state index in [-0.39, 0.29) is 17.7 Å². The van der Waals surface area contributed by atoms with Crippen molar-refractivity contribution in [3.05, 3.63) is 0 Å². The lowest BCUT2D eigenvalue weighted by Crippen LogP contribution is -2.43. The molecule has 0 fully saturated rings. The average molecular weight is 153 g/mol. The topological polar surface area (TPSA) is 29.1 Å². The summed E-state index contributed by atoms with van der Waals surface area (Å²) in [5.74, 6) is -0.426. The van der Waals surface area contributed by atoms with E-state index in [0.717, 1.165) is 0 Å². The Bertz CT molecular complexity index is 134. The van der Waals surface area contributed by atoms with Crippen LogP contribution in [0.1, 0.15) is 27.7 Å². The van der Waals surface area contributed by atoms with E-state index in [1.54, 1.807) is 0 Å². The minimum atomic E-state index is -0.505. The van der Waals surface area contributed by atoms with Crippen molar-refractivity contribution >= 4 is 13.6 Å². The van der Waals surface area contributed by atoms with Gasteiger partial charge in [0, 0.05) is 17.9 Å². The Balaban J connectivity index is 3.83. The van der Waals surface area contributed by atoms with E-state index in [1.165, 1.54) is 0 Å². The van der Waals surface area contributed by atoms with Crippen LogP contribution in [-0.2, 0) is 4.79 Å². The molecule has 0 aliphatic rings. The number of rotatable bonds is 4. The van der Waals surface area contributed by atoms with Crippen molar-refractivity contribution in [3.8, 4) is 0 Å². The normalized spacial score (nSPS) is 14.0. The average Bonchev–Trinajstić information content (AvgIpc) is 1.84. The van der Waals surface area contributed by atoms with Gasteiger partial charge >= 0.3 is 0 Å². The first-order valence-corrected chi connectivity index (χ1v) is 4.00. The second-order valence-corrected chi connectivity index (χ2v) is 3.36. The van der Waals surface area contributed by atoms with E-state index in [0.29, 0.717) is 0 Å². The summed E-state index contributed by atoms with van der Waals surface area (Å²) in [6.45, 7) is 7.63. The molecule has 0 rings (SSSR count). The van der Waals surface area contributed by atoms with E-state index in [9.17, 15) is 4.79 Å². The fourth-order valence-corrected chi connectivity index (χ4v) is 0.800. The first-order valence-electron chi connectivity index (χ1n) is 4.00. The van der Waals surface area contributed by atoms with Crippen molar-refractivity contribution in [2.45, 2.75) is 39.7 Å². The highest BCUT2D eigenvalue weighted by Gasteiger charge is 2.15. The molecule has 11 heavy (non-hydrogen) atoms. The van der Waals surface area contributed by atoms with Gasteiger partial charge in [-0.15, -0.1) is 0 Å². The molecule has 2 radical (unpaired) electrons. The smallest absolute Gasteiger partial charge is 0.143 e. The number of carbonyl (C=O) groups excluding carboxylic acids is 1. The number of hydrogen-bond acceptors (Lipinski definition) is 2.